The van der Waals surface area contributed by atoms with Crippen LogP contribution in [0, 0.1) is 23.7 Å². The first-order valence-electron chi connectivity index (χ1n) is 13.1. The molecule has 3 aliphatic rings. The van der Waals surface area contributed by atoms with Crippen molar-refractivity contribution in [1.29, 1.82) is 5.26 Å². The minimum absolute atomic E-state index is 0.0820. The molecule has 40 heavy (non-hydrogen) atoms. The molecule has 10 nitrogen and oxygen atoms in total. The summed E-state index contributed by atoms with van der Waals surface area (Å²) in [6, 6.07) is 13.0. The first kappa shape index (κ1) is 25.6. The van der Waals surface area contributed by atoms with E-state index in [0.29, 0.717) is 34.8 Å². The summed E-state index contributed by atoms with van der Waals surface area (Å²) in [5, 5.41) is 24.1. The van der Waals surface area contributed by atoms with Crippen LogP contribution in [0.4, 0.5) is 5.82 Å². The maximum Gasteiger partial charge on any atom is 0.212 e. The van der Waals surface area contributed by atoms with Gasteiger partial charge in [0.1, 0.15) is 24.2 Å². The summed E-state index contributed by atoms with van der Waals surface area (Å²) in [6.45, 7) is 4.13. The molecule has 0 amide bonds. The van der Waals surface area contributed by atoms with Crippen molar-refractivity contribution in [2.24, 2.45) is 0 Å². The van der Waals surface area contributed by atoms with Crippen molar-refractivity contribution in [3.63, 3.8) is 0 Å². The van der Waals surface area contributed by atoms with Crippen LogP contribution >= 0.6 is 0 Å². The number of nitriles is 1. The van der Waals surface area contributed by atoms with Gasteiger partial charge < -0.3 is 19.5 Å². The molecule has 4 aromatic heterocycles. The fraction of sp³-hybridized carbons (Fsp3) is 0.333. The van der Waals surface area contributed by atoms with Crippen LogP contribution in [0.2, 0.25) is 0 Å². The third kappa shape index (κ3) is 4.79. The smallest absolute Gasteiger partial charge is 0.212 e. The Hall–Kier alpha value is -4.64. The standard InChI is InChI=1S/C30H29N7O3/c1-4-30(2,38)19-40-25-10-26(29-22(11-31)14-34-37(29)18-25)21-6-7-27(32-13-21)35-16-23-9-24(17-35)36(23)15-20-5-8-28(39-3)33-12-20/h1,5-8,10,12-14,18,23-24,38H,9,15-17,19H2,2-3H3. The summed E-state index contributed by atoms with van der Waals surface area (Å²) in [6.07, 6.45) is 13.5. The number of aromatic nitrogens is 4. The molecule has 10 heteroatoms. The fourth-order valence-electron chi connectivity index (χ4n) is 5.44. The first-order chi connectivity index (χ1) is 19.4. The van der Waals surface area contributed by atoms with Crippen molar-refractivity contribution in [1.82, 2.24) is 24.5 Å². The van der Waals surface area contributed by atoms with Crippen molar-refractivity contribution in [3.8, 4) is 41.2 Å². The number of aliphatic hydroxyl groups is 1. The third-order valence-electron chi connectivity index (χ3n) is 7.64. The number of terminal acetylenes is 1. The molecule has 7 rings (SSSR count). The van der Waals surface area contributed by atoms with Crippen LogP contribution in [-0.2, 0) is 6.54 Å². The van der Waals surface area contributed by atoms with Gasteiger partial charge in [0, 0.05) is 61.3 Å². The van der Waals surface area contributed by atoms with Gasteiger partial charge in [-0.25, -0.2) is 14.5 Å². The van der Waals surface area contributed by atoms with E-state index in [9.17, 15) is 10.4 Å². The van der Waals surface area contributed by atoms with Crippen LogP contribution in [0.1, 0.15) is 24.5 Å². The lowest BCUT2D eigenvalue weighted by molar-refractivity contribution is -0.00876. The van der Waals surface area contributed by atoms with Crippen LogP contribution in [0.3, 0.4) is 0 Å². The molecule has 3 fully saturated rings. The molecular weight excluding hydrogens is 506 g/mol. The van der Waals surface area contributed by atoms with E-state index in [2.05, 4.69) is 37.9 Å². The number of nitrogens with zero attached hydrogens (tertiary/aromatic N) is 7. The van der Waals surface area contributed by atoms with Crippen LogP contribution in [0.15, 0.2) is 55.1 Å². The second-order valence-corrected chi connectivity index (χ2v) is 10.5. The quantitative estimate of drug-likeness (QED) is 0.340. The van der Waals surface area contributed by atoms with E-state index in [0.717, 1.165) is 36.6 Å². The van der Waals surface area contributed by atoms with Crippen LogP contribution in [0.25, 0.3) is 16.6 Å². The number of hydrogen-bond acceptors (Lipinski definition) is 9. The van der Waals surface area contributed by atoms with E-state index in [-0.39, 0.29) is 6.61 Å². The summed E-state index contributed by atoms with van der Waals surface area (Å²) < 4.78 is 12.6. The Morgan fingerprint density at radius 1 is 1.15 bits per heavy atom. The maximum absolute atomic E-state index is 10.2. The Kier molecular flexibility index (Phi) is 6.51. The maximum atomic E-state index is 10.2. The zero-order valence-corrected chi connectivity index (χ0v) is 22.4. The zero-order valence-electron chi connectivity index (χ0n) is 22.4. The minimum atomic E-state index is -1.41. The van der Waals surface area contributed by atoms with E-state index in [1.165, 1.54) is 25.1 Å². The van der Waals surface area contributed by atoms with Gasteiger partial charge in [0.2, 0.25) is 5.88 Å². The second kappa shape index (κ2) is 10.2. The number of anilines is 1. The third-order valence-corrected chi connectivity index (χ3v) is 7.64. The molecule has 0 spiro atoms. The molecule has 3 aliphatic heterocycles. The van der Waals surface area contributed by atoms with Crippen molar-refractivity contribution < 1.29 is 14.6 Å². The number of rotatable bonds is 8. The molecule has 0 saturated carbocycles. The molecule has 3 atom stereocenters. The van der Waals surface area contributed by atoms with Crippen LogP contribution in [0.5, 0.6) is 11.6 Å². The lowest BCUT2D eigenvalue weighted by Gasteiger charge is -2.56. The van der Waals surface area contributed by atoms with Crippen molar-refractivity contribution in [2.45, 2.75) is 37.6 Å². The zero-order chi connectivity index (χ0) is 27.9. The molecule has 4 aromatic rings. The summed E-state index contributed by atoms with van der Waals surface area (Å²) in [7, 11) is 1.62. The summed E-state index contributed by atoms with van der Waals surface area (Å²) in [4.78, 5) is 14.0. The Labute approximate surface area is 232 Å². The second-order valence-electron chi connectivity index (χ2n) is 10.5. The molecule has 0 aromatic carbocycles. The minimum Gasteiger partial charge on any atom is -0.488 e. The molecular formula is C30H29N7O3. The molecule has 2 bridgehead atoms. The molecule has 1 N–H and O–H groups in total. The summed E-state index contributed by atoms with van der Waals surface area (Å²) in [5.41, 5.74) is 2.47. The van der Waals surface area contributed by atoms with Crippen LogP contribution < -0.4 is 14.4 Å². The van der Waals surface area contributed by atoms with E-state index in [1.807, 2.05) is 36.7 Å². The highest BCUT2D eigenvalue weighted by atomic mass is 16.5. The number of piperidine rings is 1. The highest BCUT2D eigenvalue weighted by Crippen LogP contribution is 2.36. The van der Waals surface area contributed by atoms with Crippen molar-refractivity contribution >= 4 is 11.3 Å². The lowest BCUT2D eigenvalue weighted by atomic mass is 9.87. The van der Waals surface area contributed by atoms with Crippen molar-refractivity contribution in [2.75, 3.05) is 31.7 Å². The highest BCUT2D eigenvalue weighted by molar-refractivity contribution is 5.85. The summed E-state index contributed by atoms with van der Waals surface area (Å²) in [5.74, 6) is 4.33. The van der Waals surface area contributed by atoms with Crippen LogP contribution in [-0.4, -0.2) is 74.1 Å². The average Bonchev–Trinajstić information content (AvgIpc) is 3.42. The predicted octanol–water partition coefficient (Wildman–Crippen LogP) is 2.90. The molecule has 0 radical (unpaired) electrons. The number of pyridine rings is 3. The fourth-order valence-corrected chi connectivity index (χ4v) is 5.44. The molecule has 0 aliphatic carbocycles. The number of fused-ring (bicyclic) bond motifs is 3. The van der Waals surface area contributed by atoms with Gasteiger partial charge in [0.25, 0.3) is 0 Å². The number of piperazine rings is 1. The van der Waals surface area contributed by atoms with Gasteiger partial charge in [-0.15, -0.1) is 6.42 Å². The molecule has 3 unspecified atom stereocenters. The largest absolute Gasteiger partial charge is 0.488 e. The lowest BCUT2D eigenvalue weighted by Crippen LogP contribution is -2.68. The normalized spacial score (nSPS) is 19.8. The molecule has 3 saturated heterocycles. The van der Waals surface area contributed by atoms with E-state index >= 15 is 0 Å². The van der Waals surface area contributed by atoms with Gasteiger partial charge in [0.15, 0.2) is 5.60 Å². The van der Waals surface area contributed by atoms with Gasteiger partial charge in [-0.2, -0.15) is 10.4 Å². The van der Waals surface area contributed by atoms with E-state index in [4.69, 9.17) is 20.9 Å². The summed E-state index contributed by atoms with van der Waals surface area (Å²) >= 11 is 0. The highest BCUT2D eigenvalue weighted by Gasteiger charge is 2.44. The SMILES string of the molecule is C#CC(C)(O)COc1cc(-c2ccc(N3CC4CC(C3)N4Cc3ccc(OC)nc3)nc2)c2c(C#N)cnn2c1. The monoisotopic (exact) mass is 535 g/mol. The molecule has 202 valence electrons. The van der Waals surface area contributed by atoms with E-state index < -0.39 is 5.60 Å². The Bertz CT molecular complexity index is 1600. The number of methoxy groups -OCH3 is 1. The molecule has 7 heterocycles. The Balaban J connectivity index is 1.19. The number of hydrogen-bond donors (Lipinski definition) is 1. The average molecular weight is 536 g/mol. The Morgan fingerprint density at radius 3 is 2.62 bits per heavy atom. The predicted molar refractivity (Wildman–Crippen MR) is 149 cm³/mol. The number of ether oxygens (including phenoxy) is 2. The van der Waals surface area contributed by atoms with Gasteiger partial charge in [-0.3, -0.25) is 4.90 Å². The van der Waals surface area contributed by atoms with Gasteiger partial charge >= 0.3 is 0 Å². The van der Waals surface area contributed by atoms with Gasteiger partial charge in [-0.05, 0) is 37.1 Å². The van der Waals surface area contributed by atoms with E-state index in [1.54, 1.807) is 17.8 Å². The van der Waals surface area contributed by atoms with Gasteiger partial charge in [-0.1, -0.05) is 12.0 Å². The Morgan fingerprint density at radius 2 is 1.98 bits per heavy atom. The van der Waals surface area contributed by atoms with Crippen molar-refractivity contribution in [3.05, 3.63) is 66.2 Å². The van der Waals surface area contributed by atoms with Gasteiger partial charge in [0.05, 0.1) is 30.6 Å². The first-order valence-corrected chi connectivity index (χ1v) is 13.1. The topological polar surface area (TPSA) is 112 Å².